The van der Waals surface area contributed by atoms with Crippen molar-refractivity contribution >= 4 is 34.4 Å². The Morgan fingerprint density at radius 3 is 2.51 bits per heavy atom. The van der Waals surface area contributed by atoms with Crippen molar-refractivity contribution in [1.29, 1.82) is 0 Å². The van der Waals surface area contributed by atoms with Gasteiger partial charge < -0.3 is 26.3 Å². The summed E-state index contributed by atoms with van der Waals surface area (Å²) in [5.41, 5.74) is 19.0. The van der Waals surface area contributed by atoms with E-state index in [0.29, 0.717) is 16.9 Å². The average molecular weight is 500 g/mol. The van der Waals surface area contributed by atoms with Crippen LogP contribution >= 0.6 is 0 Å². The second kappa shape index (κ2) is 11.1. The van der Waals surface area contributed by atoms with Crippen LogP contribution in [-0.2, 0) is 0 Å². The number of aryl methyl sites for hydroxylation is 1. The van der Waals surface area contributed by atoms with E-state index in [1.54, 1.807) is 18.5 Å². The summed E-state index contributed by atoms with van der Waals surface area (Å²) in [4.78, 5) is 25.7. The summed E-state index contributed by atoms with van der Waals surface area (Å²) in [6, 6.07) is 11.3. The Kier molecular flexibility index (Phi) is 7.71. The van der Waals surface area contributed by atoms with Crippen LogP contribution in [0.3, 0.4) is 0 Å². The van der Waals surface area contributed by atoms with E-state index in [9.17, 15) is 4.79 Å². The molecule has 0 spiro atoms. The third kappa shape index (κ3) is 6.24. The molecule has 3 aromatic rings. The van der Waals surface area contributed by atoms with Gasteiger partial charge in [-0.1, -0.05) is 12.6 Å². The number of carbonyl (C=O) groups excluding carboxylic acids is 1. The summed E-state index contributed by atoms with van der Waals surface area (Å²) >= 11 is 0. The quantitative estimate of drug-likeness (QED) is 0.353. The minimum Gasteiger partial charge on any atom is -0.399 e. The van der Waals surface area contributed by atoms with Crippen molar-refractivity contribution in [3.63, 3.8) is 0 Å². The van der Waals surface area contributed by atoms with E-state index >= 15 is 0 Å². The van der Waals surface area contributed by atoms with Crippen LogP contribution in [-0.4, -0.2) is 55.0 Å². The minimum atomic E-state index is -0.231. The maximum Gasteiger partial charge on any atom is 0.255 e. The molecular formula is C27H33N9O. The third-order valence-electron chi connectivity index (χ3n) is 6.04. The van der Waals surface area contributed by atoms with Crippen LogP contribution < -0.4 is 31.9 Å². The zero-order chi connectivity index (χ0) is 26.5. The number of benzene rings is 2. The fraction of sp³-hybridized carbons (Fsp3) is 0.222. The van der Waals surface area contributed by atoms with Gasteiger partial charge in [0.25, 0.3) is 5.91 Å². The number of carbonyl (C=O) groups is 1. The molecule has 0 fully saturated rings. The van der Waals surface area contributed by atoms with Gasteiger partial charge in [0, 0.05) is 66.9 Å². The molecule has 0 saturated carbocycles. The molecule has 10 heteroatoms. The van der Waals surface area contributed by atoms with Crippen LogP contribution in [0.15, 0.2) is 67.9 Å². The summed E-state index contributed by atoms with van der Waals surface area (Å²) in [5, 5.41) is 4.87. The van der Waals surface area contributed by atoms with E-state index in [0.717, 1.165) is 46.9 Å². The minimum absolute atomic E-state index is 0.231. The predicted molar refractivity (Wildman–Crippen MR) is 149 cm³/mol. The molecule has 10 nitrogen and oxygen atoms in total. The zero-order valence-electron chi connectivity index (χ0n) is 21.6. The first-order chi connectivity index (χ1) is 17.7. The van der Waals surface area contributed by atoms with E-state index in [1.807, 2.05) is 69.6 Å². The van der Waals surface area contributed by atoms with E-state index in [4.69, 9.17) is 5.73 Å². The van der Waals surface area contributed by atoms with Gasteiger partial charge in [-0.25, -0.2) is 9.97 Å². The summed E-state index contributed by atoms with van der Waals surface area (Å²) < 4.78 is 0. The summed E-state index contributed by atoms with van der Waals surface area (Å²) in [7, 11) is 6.05. The lowest BCUT2D eigenvalue weighted by Gasteiger charge is -2.23. The molecule has 37 heavy (non-hydrogen) atoms. The highest BCUT2D eigenvalue weighted by atomic mass is 16.1. The van der Waals surface area contributed by atoms with Gasteiger partial charge in [-0.2, -0.15) is 0 Å². The van der Waals surface area contributed by atoms with Crippen molar-refractivity contribution < 1.29 is 4.79 Å². The molecule has 192 valence electrons. The number of hydrogen-bond acceptors (Lipinski definition) is 9. The number of likely N-dealkylation sites (N-methyl/N-ethyl adjacent to an activating group) is 2. The third-order valence-corrected chi connectivity index (χ3v) is 6.04. The number of aromatic nitrogens is 2. The topological polar surface area (TPSA) is 115 Å². The van der Waals surface area contributed by atoms with Crippen molar-refractivity contribution in [2.24, 2.45) is 5.73 Å². The molecule has 5 N–H and O–H groups in total. The number of nitrogens with two attached hydrogens (primary N) is 1. The van der Waals surface area contributed by atoms with Gasteiger partial charge in [-0.3, -0.25) is 9.80 Å². The SMILES string of the molecule is C=C(N)c1cc(C(=O)Nc2ccc(C)c(N3C=C(c4cncnc4)NN3)c2)cc(N(C)CCN(C)C)c1. The maximum absolute atomic E-state index is 13.3. The Hall–Kier alpha value is -4.41. The van der Waals surface area contributed by atoms with E-state index in [1.165, 1.54) is 6.33 Å². The number of hydrazine groups is 2. The number of amides is 1. The lowest BCUT2D eigenvalue weighted by Crippen LogP contribution is -2.36. The van der Waals surface area contributed by atoms with E-state index in [2.05, 4.69) is 42.6 Å². The number of hydrogen-bond donors (Lipinski definition) is 4. The fourth-order valence-electron chi connectivity index (χ4n) is 3.81. The van der Waals surface area contributed by atoms with Gasteiger partial charge >= 0.3 is 0 Å². The first-order valence-corrected chi connectivity index (χ1v) is 11.9. The molecule has 4 rings (SSSR count). The fourth-order valence-corrected chi connectivity index (χ4v) is 3.81. The molecule has 2 aromatic carbocycles. The van der Waals surface area contributed by atoms with Crippen molar-refractivity contribution in [2.45, 2.75) is 6.92 Å². The van der Waals surface area contributed by atoms with Gasteiger partial charge in [0.15, 0.2) is 0 Å². The lowest BCUT2D eigenvalue weighted by molar-refractivity contribution is 0.102. The molecular weight excluding hydrogens is 466 g/mol. The van der Waals surface area contributed by atoms with Crippen molar-refractivity contribution in [3.8, 4) is 0 Å². The number of rotatable bonds is 9. The van der Waals surface area contributed by atoms with Crippen molar-refractivity contribution in [1.82, 2.24) is 25.8 Å². The standard InChI is InChI=1S/C27H33N9O/c1-18-6-7-23(13-26(18)36-16-25(32-33-36)22-14-29-17-30-15-22)31-27(37)21-10-20(19(2)28)11-24(12-21)35(5)9-8-34(3)4/h6-7,10-17,32-33H,2,8-9,28H2,1,3-5H3,(H,31,37). The largest absolute Gasteiger partial charge is 0.399 e. The van der Waals surface area contributed by atoms with E-state index in [-0.39, 0.29) is 5.91 Å². The summed E-state index contributed by atoms with van der Waals surface area (Å²) in [5.74, 6) is -0.231. The van der Waals surface area contributed by atoms with Gasteiger partial charge in [0.1, 0.15) is 6.33 Å². The molecule has 0 radical (unpaired) electrons. The highest BCUT2D eigenvalue weighted by Gasteiger charge is 2.18. The number of nitrogens with zero attached hydrogens (tertiary/aromatic N) is 5. The zero-order valence-corrected chi connectivity index (χ0v) is 21.6. The Morgan fingerprint density at radius 2 is 1.81 bits per heavy atom. The maximum atomic E-state index is 13.3. The predicted octanol–water partition coefficient (Wildman–Crippen LogP) is 2.79. The molecule has 0 atom stereocenters. The van der Waals surface area contributed by atoms with Crippen LogP contribution in [0.1, 0.15) is 27.0 Å². The van der Waals surface area contributed by atoms with Crippen LogP contribution in [0, 0.1) is 6.92 Å². The monoisotopic (exact) mass is 499 g/mol. The Bertz CT molecular complexity index is 1320. The second-order valence-electron chi connectivity index (χ2n) is 9.25. The summed E-state index contributed by atoms with van der Waals surface area (Å²) in [6.45, 7) is 7.55. The van der Waals surface area contributed by atoms with Crippen molar-refractivity contribution in [3.05, 3.63) is 90.2 Å². The highest BCUT2D eigenvalue weighted by Crippen LogP contribution is 2.28. The first kappa shape index (κ1) is 25.7. The Morgan fingerprint density at radius 1 is 1.08 bits per heavy atom. The smallest absolute Gasteiger partial charge is 0.255 e. The number of nitrogens with one attached hydrogen (secondary N) is 3. The van der Waals surface area contributed by atoms with Crippen LogP contribution in [0.25, 0.3) is 11.4 Å². The molecule has 1 aliphatic rings. The van der Waals surface area contributed by atoms with Gasteiger partial charge in [-0.05, 0) is 62.5 Å². The molecule has 0 aliphatic carbocycles. The Balaban J connectivity index is 1.56. The molecule has 0 saturated heterocycles. The summed E-state index contributed by atoms with van der Waals surface area (Å²) in [6.07, 6.45) is 6.87. The van der Waals surface area contributed by atoms with Crippen molar-refractivity contribution in [2.75, 3.05) is 49.5 Å². The second-order valence-corrected chi connectivity index (χ2v) is 9.25. The van der Waals surface area contributed by atoms with Gasteiger partial charge in [0.05, 0.1) is 11.4 Å². The molecule has 1 aliphatic heterocycles. The molecule has 0 bridgehead atoms. The van der Waals surface area contributed by atoms with Crippen LogP contribution in [0.2, 0.25) is 0 Å². The Labute approximate surface area is 217 Å². The normalized spacial score (nSPS) is 12.8. The molecule has 1 aromatic heterocycles. The van der Waals surface area contributed by atoms with Gasteiger partial charge in [0.2, 0.25) is 0 Å². The first-order valence-electron chi connectivity index (χ1n) is 11.9. The molecule has 0 unspecified atom stereocenters. The molecule has 2 heterocycles. The number of anilines is 3. The van der Waals surface area contributed by atoms with Gasteiger partial charge in [-0.15, -0.1) is 5.53 Å². The van der Waals surface area contributed by atoms with Crippen LogP contribution in [0.5, 0.6) is 0 Å². The highest BCUT2D eigenvalue weighted by molar-refractivity contribution is 6.05. The van der Waals surface area contributed by atoms with Crippen LogP contribution in [0.4, 0.5) is 17.1 Å². The van der Waals surface area contributed by atoms with E-state index < -0.39 is 0 Å². The molecule has 1 amide bonds. The lowest BCUT2D eigenvalue weighted by atomic mass is 10.1. The average Bonchev–Trinajstić information content (AvgIpc) is 3.38.